The van der Waals surface area contributed by atoms with Gasteiger partial charge in [0, 0.05) is 6.20 Å². The molecule has 1 heterocycles. The summed E-state index contributed by atoms with van der Waals surface area (Å²) in [5, 5.41) is 3.99. The number of benzene rings is 1. The fraction of sp³-hybridized carbons (Fsp3) is 0.267. The van der Waals surface area contributed by atoms with Gasteiger partial charge in [0.15, 0.2) is 5.15 Å². The highest BCUT2D eigenvalue weighted by Crippen LogP contribution is 2.27. The van der Waals surface area contributed by atoms with Crippen molar-refractivity contribution in [1.82, 2.24) is 4.98 Å². The van der Waals surface area contributed by atoms with E-state index in [0.717, 1.165) is 18.5 Å². The van der Waals surface area contributed by atoms with Gasteiger partial charge in [-0.15, -0.1) is 0 Å². The third-order valence-corrected chi connectivity index (χ3v) is 3.17. The normalized spacial score (nSPS) is 12.1. The van der Waals surface area contributed by atoms with E-state index in [1.54, 1.807) is 6.20 Å². The van der Waals surface area contributed by atoms with Gasteiger partial charge in [0.1, 0.15) is 0 Å². The van der Waals surface area contributed by atoms with Crippen LogP contribution >= 0.6 is 11.6 Å². The molecule has 0 saturated heterocycles. The third-order valence-electron chi connectivity index (χ3n) is 2.87. The molecule has 0 aliphatic rings. The van der Waals surface area contributed by atoms with E-state index < -0.39 is 0 Å². The van der Waals surface area contributed by atoms with Crippen molar-refractivity contribution in [1.29, 1.82) is 0 Å². The molecule has 0 bridgehead atoms. The summed E-state index contributed by atoms with van der Waals surface area (Å²) < 4.78 is 0. The Balaban J connectivity index is 2.19. The quantitative estimate of drug-likeness (QED) is 0.789. The van der Waals surface area contributed by atoms with Crippen molar-refractivity contribution in [2.24, 2.45) is 0 Å². The van der Waals surface area contributed by atoms with Crippen molar-refractivity contribution in [3.8, 4) is 0 Å². The van der Waals surface area contributed by atoms with E-state index >= 15 is 0 Å². The Morgan fingerprint density at radius 2 is 1.94 bits per heavy atom. The number of nitrogens with one attached hydrogen (secondary N) is 1. The van der Waals surface area contributed by atoms with E-state index in [9.17, 15) is 0 Å². The highest BCUT2D eigenvalue weighted by Gasteiger charge is 2.11. The molecule has 2 rings (SSSR count). The molecule has 0 amide bonds. The predicted octanol–water partition coefficient (Wildman–Crippen LogP) is 4.69. The van der Waals surface area contributed by atoms with Gasteiger partial charge in [0.25, 0.3) is 0 Å². The molecular formula is C15H17ClN2. The summed E-state index contributed by atoms with van der Waals surface area (Å²) in [6.07, 6.45) is 3.88. The van der Waals surface area contributed by atoms with Gasteiger partial charge >= 0.3 is 0 Å². The van der Waals surface area contributed by atoms with Gasteiger partial charge in [0.2, 0.25) is 0 Å². The molecule has 0 radical (unpaired) electrons. The van der Waals surface area contributed by atoms with Crippen LogP contribution in [0.5, 0.6) is 0 Å². The van der Waals surface area contributed by atoms with E-state index in [1.807, 2.05) is 18.2 Å². The Labute approximate surface area is 113 Å². The highest BCUT2D eigenvalue weighted by atomic mass is 35.5. The monoisotopic (exact) mass is 260 g/mol. The van der Waals surface area contributed by atoms with Crippen molar-refractivity contribution in [2.75, 3.05) is 5.32 Å². The van der Waals surface area contributed by atoms with Gasteiger partial charge in [-0.25, -0.2) is 4.98 Å². The second kappa shape index (κ2) is 6.41. The first-order valence-electron chi connectivity index (χ1n) is 6.23. The number of hydrogen-bond acceptors (Lipinski definition) is 2. The fourth-order valence-electron chi connectivity index (χ4n) is 1.98. The van der Waals surface area contributed by atoms with Gasteiger partial charge in [-0.2, -0.15) is 0 Å². The average Bonchev–Trinajstić information content (AvgIpc) is 2.42. The number of aromatic nitrogens is 1. The first-order chi connectivity index (χ1) is 8.81. The van der Waals surface area contributed by atoms with Crippen LogP contribution in [0.1, 0.15) is 31.4 Å². The molecule has 94 valence electrons. The van der Waals surface area contributed by atoms with Crippen LogP contribution in [0, 0.1) is 0 Å². The number of nitrogens with zero attached hydrogens (tertiary/aromatic N) is 1. The van der Waals surface area contributed by atoms with Crippen LogP contribution in [-0.4, -0.2) is 4.98 Å². The molecule has 1 aromatic carbocycles. The zero-order chi connectivity index (χ0) is 12.8. The minimum Gasteiger partial charge on any atom is -0.376 e. The molecule has 0 saturated carbocycles. The molecule has 0 fully saturated rings. The largest absolute Gasteiger partial charge is 0.376 e. The average molecular weight is 261 g/mol. The topological polar surface area (TPSA) is 24.9 Å². The lowest BCUT2D eigenvalue weighted by atomic mass is 10.0. The molecule has 1 atom stereocenters. The number of anilines is 1. The Kier molecular flexibility index (Phi) is 4.59. The second-order valence-electron chi connectivity index (χ2n) is 4.24. The van der Waals surface area contributed by atoms with E-state index in [2.05, 4.69) is 41.5 Å². The van der Waals surface area contributed by atoms with Gasteiger partial charge in [-0.3, -0.25) is 0 Å². The maximum Gasteiger partial charge on any atom is 0.152 e. The standard InChI is InChI=1S/C15H17ClN2/c1-2-7-13(12-8-4-3-5-9-12)18-14-10-6-11-17-15(14)16/h3-6,8-11,13,18H,2,7H2,1H3. The summed E-state index contributed by atoms with van der Waals surface area (Å²) in [5.41, 5.74) is 2.17. The maximum atomic E-state index is 6.08. The summed E-state index contributed by atoms with van der Waals surface area (Å²) in [6, 6.07) is 14.6. The van der Waals surface area contributed by atoms with Crippen LogP contribution in [0.3, 0.4) is 0 Å². The predicted molar refractivity (Wildman–Crippen MR) is 77.0 cm³/mol. The van der Waals surface area contributed by atoms with E-state index in [1.165, 1.54) is 5.56 Å². The number of rotatable bonds is 5. The lowest BCUT2D eigenvalue weighted by Gasteiger charge is -2.20. The Morgan fingerprint density at radius 1 is 1.17 bits per heavy atom. The fourth-order valence-corrected chi connectivity index (χ4v) is 2.15. The van der Waals surface area contributed by atoms with Crippen molar-refractivity contribution < 1.29 is 0 Å². The van der Waals surface area contributed by atoms with Crippen LogP contribution in [0.15, 0.2) is 48.7 Å². The Bertz CT molecular complexity index is 485. The second-order valence-corrected chi connectivity index (χ2v) is 4.60. The minimum absolute atomic E-state index is 0.276. The first kappa shape index (κ1) is 12.9. The Hall–Kier alpha value is -1.54. The third kappa shape index (κ3) is 3.23. The van der Waals surface area contributed by atoms with E-state index in [0.29, 0.717) is 5.15 Å². The molecule has 0 aliphatic carbocycles. The Morgan fingerprint density at radius 3 is 2.61 bits per heavy atom. The maximum absolute atomic E-state index is 6.08. The SMILES string of the molecule is CCCC(Nc1cccnc1Cl)c1ccccc1. The highest BCUT2D eigenvalue weighted by molar-refractivity contribution is 6.31. The van der Waals surface area contributed by atoms with Crippen LogP contribution in [0.25, 0.3) is 0 Å². The first-order valence-corrected chi connectivity index (χ1v) is 6.61. The summed E-state index contributed by atoms with van der Waals surface area (Å²) in [5.74, 6) is 0. The number of hydrogen-bond donors (Lipinski definition) is 1. The summed E-state index contributed by atoms with van der Waals surface area (Å²) in [6.45, 7) is 2.18. The molecule has 18 heavy (non-hydrogen) atoms. The lowest BCUT2D eigenvalue weighted by Crippen LogP contribution is -2.11. The molecular weight excluding hydrogens is 244 g/mol. The zero-order valence-electron chi connectivity index (χ0n) is 10.4. The summed E-state index contributed by atoms with van der Waals surface area (Å²) in [7, 11) is 0. The van der Waals surface area contributed by atoms with Crippen molar-refractivity contribution in [3.63, 3.8) is 0 Å². The van der Waals surface area contributed by atoms with Gasteiger partial charge in [-0.05, 0) is 24.1 Å². The van der Waals surface area contributed by atoms with Crippen LogP contribution in [0.2, 0.25) is 5.15 Å². The van der Waals surface area contributed by atoms with Crippen LogP contribution in [0.4, 0.5) is 5.69 Å². The summed E-state index contributed by atoms with van der Waals surface area (Å²) in [4.78, 5) is 4.09. The van der Waals surface area contributed by atoms with Crippen molar-refractivity contribution in [3.05, 3.63) is 59.4 Å². The molecule has 1 N–H and O–H groups in total. The van der Waals surface area contributed by atoms with E-state index in [4.69, 9.17) is 11.6 Å². The van der Waals surface area contributed by atoms with Gasteiger partial charge < -0.3 is 5.32 Å². The number of pyridine rings is 1. The van der Waals surface area contributed by atoms with Gasteiger partial charge in [-0.1, -0.05) is 55.3 Å². The molecule has 1 aromatic heterocycles. The molecule has 1 unspecified atom stereocenters. The molecule has 3 heteroatoms. The molecule has 2 aromatic rings. The number of halogens is 1. The zero-order valence-corrected chi connectivity index (χ0v) is 11.2. The van der Waals surface area contributed by atoms with Crippen LogP contribution in [-0.2, 0) is 0 Å². The summed E-state index contributed by atoms with van der Waals surface area (Å²) >= 11 is 6.08. The van der Waals surface area contributed by atoms with Gasteiger partial charge in [0.05, 0.1) is 11.7 Å². The van der Waals surface area contributed by atoms with E-state index in [-0.39, 0.29) is 6.04 Å². The smallest absolute Gasteiger partial charge is 0.152 e. The minimum atomic E-state index is 0.276. The molecule has 0 aliphatic heterocycles. The lowest BCUT2D eigenvalue weighted by molar-refractivity contribution is 0.677. The van der Waals surface area contributed by atoms with Crippen LogP contribution < -0.4 is 5.32 Å². The van der Waals surface area contributed by atoms with Crippen molar-refractivity contribution >= 4 is 17.3 Å². The molecule has 0 spiro atoms. The van der Waals surface area contributed by atoms with Crippen molar-refractivity contribution in [2.45, 2.75) is 25.8 Å². The molecule has 2 nitrogen and oxygen atoms in total.